The van der Waals surface area contributed by atoms with Gasteiger partial charge in [-0.2, -0.15) is 0 Å². The third-order valence-electron chi connectivity index (χ3n) is 5.55. The molecule has 3 aliphatic rings. The van der Waals surface area contributed by atoms with Crippen LogP contribution in [-0.4, -0.2) is 84.4 Å². The zero-order valence-corrected chi connectivity index (χ0v) is 16.1. The zero-order valence-electron chi connectivity index (χ0n) is 16.1. The predicted octanol–water partition coefficient (Wildman–Crippen LogP) is 0.237. The number of esters is 1. The van der Waals surface area contributed by atoms with Gasteiger partial charge in [-0.3, -0.25) is 24.7 Å². The van der Waals surface area contributed by atoms with Crippen molar-refractivity contribution >= 4 is 23.6 Å². The molecular weight excluding hydrogens is 362 g/mol. The molecule has 3 amide bonds. The highest BCUT2D eigenvalue weighted by molar-refractivity contribution is 6.02. The molecule has 3 atom stereocenters. The monoisotopic (exact) mass is 387 g/mol. The summed E-state index contributed by atoms with van der Waals surface area (Å²) in [7, 11) is 1.66. The molecule has 9 nitrogen and oxygen atoms in total. The Morgan fingerprint density at radius 1 is 1.21 bits per heavy atom. The van der Waals surface area contributed by atoms with Crippen molar-refractivity contribution in [3.8, 4) is 0 Å². The van der Waals surface area contributed by atoms with Crippen molar-refractivity contribution in [2.24, 2.45) is 0 Å². The molecule has 0 bridgehead atoms. The standard InChI is InChI=1S/C19H25N5O4/c1-3-28-14(25)12-24-17(26)15-16(21(2)19(24)27)20-18-22(10-7-11-23(15)18)13-8-5-4-6-9-13/h4-6,8-9,15-16,18,20H,3,7,10-12H2,1-2H3. The lowest BCUT2D eigenvalue weighted by atomic mass is 10.1. The fourth-order valence-corrected chi connectivity index (χ4v) is 4.28. The highest BCUT2D eigenvalue weighted by Crippen LogP contribution is 2.32. The zero-order chi connectivity index (χ0) is 19.8. The molecule has 1 aromatic rings. The molecular formula is C19H25N5O4. The van der Waals surface area contributed by atoms with Crippen LogP contribution in [0.15, 0.2) is 30.3 Å². The van der Waals surface area contributed by atoms with Crippen LogP contribution in [0.1, 0.15) is 13.3 Å². The minimum atomic E-state index is -0.580. The molecule has 0 aliphatic carbocycles. The number of nitrogens with zero attached hydrogens (tertiary/aromatic N) is 4. The number of urea groups is 1. The van der Waals surface area contributed by atoms with E-state index < -0.39 is 24.2 Å². The Bertz CT molecular complexity index is 773. The largest absolute Gasteiger partial charge is 0.465 e. The van der Waals surface area contributed by atoms with E-state index in [0.29, 0.717) is 0 Å². The summed E-state index contributed by atoms with van der Waals surface area (Å²) in [4.78, 5) is 44.6. The van der Waals surface area contributed by atoms with Gasteiger partial charge in [0.1, 0.15) is 25.0 Å². The van der Waals surface area contributed by atoms with Crippen LogP contribution in [0.4, 0.5) is 10.5 Å². The number of ether oxygens (including phenoxy) is 1. The molecule has 3 fully saturated rings. The first-order valence-corrected chi connectivity index (χ1v) is 9.60. The van der Waals surface area contributed by atoms with Gasteiger partial charge in [0.05, 0.1) is 6.61 Å². The molecule has 3 saturated heterocycles. The van der Waals surface area contributed by atoms with Gasteiger partial charge in [0.15, 0.2) is 0 Å². The lowest BCUT2D eigenvalue weighted by Crippen LogP contribution is -2.67. The molecule has 0 radical (unpaired) electrons. The minimum absolute atomic E-state index is 0.187. The van der Waals surface area contributed by atoms with Crippen LogP contribution in [0.5, 0.6) is 0 Å². The number of anilines is 1. The summed E-state index contributed by atoms with van der Waals surface area (Å²) >= 11 is 0. The molecule has 0 aromatic heterocycles. The van der Waals surface area contributed by atoms with Gasteiger partial charge >= 0.3 is 12.0 Å². The van der Waals surface area contributed by atoms with Gasteiger partial charge < -0.3 is 14.5 Å². The maximum atomic E-state index is 13.2. The number of imide groups is 1. The van der Waals surface area contributed by atoms with Crippen LogP contribution in [-0.2, 0) is 14.3 Å². The molecule has 0 saturated carbocycles. The van der Waals surface area contributed by atoms with Gasteiger partial charge in [-0.25, -0.2) is 4.79 Å². The third-order valence-corrected chi connectivity index (χ3v) is 5.55. The first-order chi connectivity index (χ1) is 13.5. The smallest absolute Gasteiger partial charge is 0.328 e. The second kappa shape index (κ2) is 7.40. The summed E-state index contributed by atoms with van der Waals surface area (Å²) in [6, 6.07) is 8.99. The van der Waals surface area contributed by atoms with Gasteiger partial charge in [-0.15, -0.1) is 0 Å². The molecule has 150 valence electrons. The van der Waals surface area contributed by atoms with Gasteiger partial charge in [0.25, 0.3) is 5.91 Å². The number of hydrogen-bond acceptors (Lipinski definition) is 7. The lowest BCUT2D eigenvalue weighted by molar-refractivity contribution is -0.151. The van der Waals surface area contributed by atoms with E-state index in [4.69, 9.17) is 4.74 Å². The number of carbonyl (C=O) groups is 3. The average Bonchev–Trinajstić information content (AvgIpc) is 3.10. The normalized spacial score (nSPS) is 27.6. The number of para-hydroxylation sites is 1. The fraction of sp³-hybridized carbons (Fsp3) is 0.526. The van der Waals surface area contributed by atoms with Crippen molar-refractivity contribution in [3.05, 3.63) is 30.3 Å². The lowest BCUT2D eigenvalue weighted by Gasteiger charge is -2.43. The number of hydrogen-bond donors (Lipinski definition) is 1. The number of carbonyl (C=O) groups excluding carboxylic acids is 3. The second-order valence-electron chi connectivity index (χ2n) is 7.17. The van der Waals surface area contributed by atoms with Crippen molar-refractivity contribution < 1.29 is 19.1 Å². The molecule has 9 heteroatoms. The Labute approximate surface area is 163 Å². The summed E-state index contributed by atoms with van der Waals surface area (Å²) in [6.07, 6.45) is 0.277. The van der Waals surface area contributed by atoms with Crippen LogP contribution in [0, 0.1) is 0 Å². The Balaban J connectivity index is 1.60. The van der Waals surface area contributed by atoms with Gasteiger partial charge in [0.2, 0.25) is 0 Å². The summed E-state index contributed by atoms with van der Waals surface area (Å²) in [5, 5.41) is 3.45. The molecule has 3 aliphatic heterocycles. The Kier molecular flexibility index (Phi) is 4.94. The first kappa shape index (κ1) is 18.7. The Hall–Kier alpha value is -2.65. The maximum absolute atomic E-state index is 13.2. The van der Waals surface area contributed by atoms with E-state index in [1.807, 2.05) is 30.3 Å². The van der Waals surface area contributed by atoms with E-state index in [9.17, 15) is 14.4 Å². The van der Waals surface area contributed by atoms with Crippen molar-refractivity contribution in [1.82, 2.24) is 20.0 Å². The average molecular weight is 387 g/mol. The van der Waals surface area contributed by atoms with Crippen LogP contribution >= 0.6 is 0 Å². The number of amides is 3. The van der Waals surface area contributed by atoms with Crippen LogP contribution in [0.3, 0.4) is 0 Å². The van der Waals surface area contributed by atoms with Crippen LogP contribution in [0.2, 0.25) is 0 Å². The van der Waals surface area contributed by atoms with Crippen molar-refractivity contribution in [1.29, 1.82) is 0 Å². The molecule has 4 rings (SSSR count). The van der Waals surface area contributed by atoms with E-state index >= 15 is 0 Å². The Morgan fingerprint density at radius 3 is 2.68 bits per heavy atom. The topological polar surface area (TPSA) is 85.4 Å². The quantitative estimate of drug-likeness (QED) is 0.741. The summed E-state index contributed by atoms with van der Waals surface area (Å²) < 4.78 is 4.93. The van der Waals surface area contributed by atoms with Crippen molar-refractivity contribution in [3.63, 3.8) is 0 Å². The molecule has 0 spiro atoms. The van der Waals surface area contributed by atoms with E-state index in [1.54, 1.807) is 14.0 Å². The van der Waals surface area contributed by atoms with Crippen molar-refractivity contribution in [2.75, 3.05) is 38.2 Å². The second-order valence-corrected chi connectivity index (χ2v) is 7.17. The highest BCUT2D eigenvalue weighted by atomic mass is 16.5. The molecule has 1 aromatic carbocycles. The van der Waals surface area contributed by atoms with E-state index in [0.717, 1.165) is 30.1 Å². The number of benzene rings is 1. The summed E-state index contributed by atoms with van der Waals surface area (Å²) in [5.74, 6) is -0.936. The fourth-order valence-electron chi connectivity index (χ4n) is 4.28. The number of nitrogens with one attached hydrogen (secondary N) is 1. The highest BCUT2D eigenvalue weighted by Gasteiger charge is 2.56. The van der Waals surface area contributed by atoms with E-state index in [2.05, 4.69) is 15.1 Å². The summed E-state index contributed by atoms with van der Waals surface area (Å²) in [6.45, 7) is 3.13. The van der Waals surface area contributed by atoms with Crippen LogP contribution < -0.4 is 10.2 Å². The summed E-state index contributed by atoms with van der Waals surface area (Å²) in [5.41, 5.74) is 1.06. The van der Waals surface area contributed by atoms with Gasteiger partial charge in [0, 0.05) is 25.8 Å². The minimum Gasteiger partial charge on any atom is -0.465 e. The van der Waals surface area contributed by atoms with E-state index in [-0.39, 0.29) is 25.3 Å². The SMILES string of the molecule is CCOC(=O)CN1C(=O)C2C(NC3N(c4ccccc4)CCCN23)N(C)C1=O. The predicted molar refractivity (Wildman–Crippen MR) is 101 cm³/mol. The van der Waals surface area contributed by atoms with Crippen LogP contribution in [0.25, 0.3) is 0 Å². The van der Waals surface area contributed by atoms with Crippen molar-refractivity contribution in [2.45, 2.75) is 31.8 Å². The third kappa shape index (κ3) is 3.00. The maximum Gasteiger partial charge on any atom is 0.328 e. The van der Waals surface area contributed by atoms with E-state index in [1.165, 1.54) is 4.90 Å². The first-order valence-electron chi connectivity index (χ1n) is 9.60. The Morgan fingerprint density at radius 2 is 1.96 bits per heavy atom. The molecule has 1 N–H and O–H groups in total. The number of likely N-dealkylation sites (N-methyl/N-ethyl adjacent to an activating group) is 1. The van der Waals surface area contributed by atoms with Gasteiger partial charge in [-0.1, -0.05) is 18.2 Å². The molecule has 28 heavy (non-hydrogen) atoms. The molecule has 3 heterocycles. The molecule has 3 unspecified atom stereocenters. The number of fused-ring (bicyclic) bond motifs is 3. The number of rotatable bonds is 4. The van der Waals surface area contributed by atoms with Gasteiger partial charge in [-0.05, 0) is 25.5 Å².